The topological polar surface area (TPSA) is 94.0 Å². The van der Waals surface area contributed by atoms with Crippen molar-refractivity contribution in [2.45, 2.75) is 25.3 Å². The SMILES string of the molecule is O=C(NCC1C=CC=NN1)[C@H]1CC12CCN(C(=O)O)CC2. The van der Waals surface area contributed by atoms with Crippen LogP contribution in [0.25, 0.3) is 0 Å². The van der Waals surface area contributed by atoms with Crippen LogP contribution in [0, 0.1) is 11.3 Å². The van der Waals surface area contributed by atoms with Gasteiger partial charge in [-0.3, -0.25) is 4.79 Å². The minimum Gasteiger partial charge on any atom is -0.465 e. The lowest BCUT2D eigenvalue weighted by Crippen LogP contribution is -2.42. The number of amides is 2. The Labute approximate surface area is 123 Å². The molecule has 0 aromatic heterocycles. The Morgan fingerprint density at radius 2 is 2.19 bits per heavy atom. The van der Waals surface area contributed by atoms with Crippen LogP contribution in [-0.2, 0) is 4.79 Å². The maximum Gasteiger partial charge on any atom is 0.407 e. The predicted octanol–water partition coefficient (Wildman–Crippen LogP) is 0.396. The molecule has 3 N–H and O–H groups in total. The first-order valence-electron chi connectivity index (χ1n) is 7.32. The second-order valence-corrected chi connectivity index (χ2v) is 6.03. The first-order chi connectivity index (χ1) is 10.1. The van der Waals surface area contributed by atoms with E-state index < -0.39 is 6.09 Å². The Hall–Kier alpha value is -2.05. The summed E-state index contributed by atoms with van der Waals surface area (Å²) in [6.07, 6.45) is 7.10. The molecule has 2 heterocycles. The summed E-state index contributed by atoms with van der Waals surface area (Å²) in [6, 6.07) is 0.0440. The minimum atomic E-state index is -0.859. The lowest BCUT2D eigenvalue weighted by atomic mass is 9.91. The smallest absolute Gasteiger partial charge is 0.407 e. The molecule has 114 valence electrons. The van der Waals surface area contributed by atoms with Gasteiger partial charge in [-0.1, -0.05) is 6.08 Å². The van der Waals surface area contributed by atoms with E-state index in [2.05, 4.69) is 15.8 Å². The highest BCUT2D eigenvalue weighted by Crippen LogP contribution is 2.59. The fourth-order valence-electron chi connectivity index (χ4n) is 3.27. The highest BCUT2D eigenvalue weighted by atomic mass is 16.4. The Balaban J connectivity index is 1.44. The van der Waals surface area contributed by atoms with Crippen LogP contribution >= 0.6 is 0 Å². The molecule has 1 spiro atoms. The van der Waals surface area contributed by atoms with E-state index in [1.54, 1.807) is 6.21 Å². The number of nitrogens with zero attached hydrogens (tertiary/aromatic N) is 2. The van der Waals surface area contributed by atoms with Gasteiger partial charge in [0.15, 0.2) is 0 Å². The number of carboxylic acid groups (broad SMARTS) is 1. The first kappa shape index (κ1) is 13.9. The molecular formula is C14H20N4O3. The highest BCUT2D eigenvalue weighted by Gasteiger charge is 2.58. The van der Waals surface area contributed by atoms with Gasteiger partial charge < -0.3 is 20.7 Å². The van der Waals surface area contributed by atoms with Crippen LogP contribution in [0.2, 0.25) is 0 Å². The van der Waals surface area contributed by atoms with Crippen LogP contribution in [-0.4, -0.2) is 53.9 Å². The van der Waals surface area contributed by atoms with E-state index in [1.807, 2.05) is 12.2 Å². The van der Waals surface area contributed by atoms with Crippen LogP contribution < -0.4 is 10.7 Å². The van der Waals surface area contributed by atoms with Gasteiger partial charge in [0.05, 0.1) is 6.04 Å². The first-order valence-corrected chi connectivity index (χ1v) is 7.32. The monoisotopic (exact) mass is 292 g/mol. The van der Waals surface area contributed by atoms with Crippen LogP contribution in [0.3, 0.4) is 0 Å². The van der Waals surface area contributed by atoms with E-state index in [0.717, 1.165) is 19.3 Å². The molecule has 0 radical (unpaired) electrons. The minimum absolute atomic E-state index is 0.0440. The van der Waals surface area contributed by atoms with Crippen molar-refractivity contribution < 1.29 is 14.7 Å². The summed E-state index contributed by atoms with van der Waals surface area (Å²) in [4.78, 5) is 24.5. The van der Waals surface area contributed by atoms with Gasteiger partial charge in [0.2, 0.25) is 5.91 Å². The third-order valence-electron chi connectivity index (χ3n) is 4.78. The van der Waals surface area contributed by atoms with Gasteiger partial charge in [-0.05, 0) is 30.8 Å². The highest BCUT2D eigenvalue weighted by molar-refractivity contribution is 5.82. The number of carbonyl (C=O) groups excluding carboxylic acids is 1. The summed E-state index contributed by atoms with van der Waals surface area (Å²) >= 11 is 0. The fourth-order valence-corrected chi connectivity index (χ4v) is 3.27. The molecule has 1 aliphatic carbocycles. The summed E-state index contributed by atoms with van der Waals surface area (Å²) in [5, 5.41) is 15.8. The molecule has 2 amide bonds. The van der Waals surface area contributed by atoms with Crippen molar-refractivity contribution in [3.8, 4) is 0 Å². The number of carbonyl (C=O) groups is 2. The van der Waals surface area contributed by atoms with Gasteiger partial charge in [-0.15, -0.1) is 0 Å². The summed E-state index contributed by atoms with van der Waals surface area (Å²) < 4.78 is 0. The van der Waals surface area contributed by atoms with Gasteiger partial charge in [0.25, 0.3) is 0 Å². The summed E-state index contributed by atoms with van der Waals surface area (Å²) in [5.74, 6) is 0.132. The number of nitrogens with one attached hydrogen (secondary N) is 2. The Morgan fingerprint density at radius 3 is 2.81 bits per heavy atom. The van der Waals surface area contributed by atoms with E-state index in [0.29, 0.717) is 19.6 Å². The normalized spacial score (nSPS) is 29.0. The van der Waals surface area contributed by atoms with Gasteiger partial charge in [-0.25, -0.2) is 4.79 Å². The number of piperidine rings is 1. The Kier molecular flexibility index (Phi) is 3.57. The number of allylic oxidation sites excluding steroid dienone is 1. The lowest BCUT2D eigenvalue weighted by Gasteiger charge is -2.30. The average Bonchev–Trinajstić information content (AvgIpc) is 3.20. The molecule has 3 aliphatic rings. The maximum absolute atomic E-state index is 12.2. The zero-order valence-corrected chi connectivity index (χ0v) is 11.8. The molecule has 1 saturated heterocycles. The molecule has 7 heteroatoms. The number of hydrogen-bond donors (Lipinski definition) is 3. The molecule has 3 rings (SSSR count). The van der Waals surface area contributed by atoms with Crippen molar-refractivity contribution in [1.29, 1.82) is 0 Å². The molecule has 1 saturated carbocycles. The number of hydrazone groups is 1. The fraction of sp³-hybridized carbons (Fsp3) is 0.643. The predicted molar refractivity (Wildman–Crippen MR) is 76.9 cm³/mol. The van der Waals surface area contributed by atoms with Crippen LogP contribution in [0.15, 0.2) is 17.3 Å². The van der Waals surface area contributed by atoms with E-state index in [-0.39, 0.29) is 23.3 Å². The molecule has 0 bridgehead atoms. The van der Waals surface area contributed by atoms with Gasteiger partial charge in [-0.2, -0.15) is 5.10 Å². The summed E-state index contributed by atoms with van der Waals surface area (Å²) in [6.45, 7) is 1.61. The molecule has 1 unspecified atom stereocenters. The zero-order valence-electron chi connectivity index (χ0n) is 11.8. The third-order valence-corrected chi connectivity index (χ3v) is 4.78. The molecule has 2 aliphatic heterocycles. The maximum atomic E-state index is 12.2. The van der Waals surface area contributed by atoms with Crippen molar-refractivity contribution >= 4 is 18.2 Å². The number of likely N-dealkylation sites (tertiary alicyclic amines) is 1. The molecular weight excluding hydrogens is 272 g/mol. The lowest BCUT2D eigenvalue weighted by molar-refractivity contribution is -0.123. The molecule has 2 atom stereocenters. The van der Waals surface area contributed by atoms with E-state index in [4.69, 9.17) is 5.11 Å². The van der Waals surface area contributed by atoms with Crippen molar-refractivity contribution in [3.63, 3.8) is 0 Å². The summed E-state index contributed by atoms with van der Waals surface area (Å²) in [5.41, 5.74) is 2.96. The van der Waals surface area contributed by atoms with Crippen molar-refractivity contribution in [2.24, 2.45) is 16.4 Å². The van der Waals surface area contributed by atoms with Crippen molar-refractivity contribution in [3.05, 3.63) is 12.2 Å². The van der Waals surface area contributed by atoms with Gasteiger partial charge in [0.1, 0.15) is 0 Å². The van der Waals surface area contributed by atoms with Crippen LogP contribution in [0.1, 0.15) is 19.3 Å². The summed E-state index contributed by atoms with van der Waals surface area (Å²) in [7, 11) is 0. The molecule has 0 aromatic rings. The molecule has 21 heavy (non-hydrogen) atoms. The van der Waals surface area contributed by atoms with E-state index in [1.165, 1.54) is 4.90 Å². The van der Waals surface area contributed by atoms with Gasteiger partial charge in [0, 0.05) is 31.8 Å². The van der Waals surface area contributed by atoms with Crippen molar-refractivity contribution in [2.75, 3.05) is 19.6 Å². The molecule has 0 aromatic carbocycles. The van der Waals surface area contributed by atoms with Gasteiger partial charge >= 0.3 is 6.09 Å². The third kappa shape index (κ3) is 2.86. The zero-order chi connectivity index (χ0) is 14.9. The van der Waals surface area contributed by atoms with E-state index >= 15 is 0 Å². The number of rotatable bonds is 3. The second kappa shape index (κ2) is 5.38. The van der Waals surface area contributed by atoms with Crippen LogP contribution in [0.5, 0.6) is 0 Å². The molecule has 2 fully saturated rings. The van der Waals surface area contributed by atoms with Crippen LogP contribution in [0.4, 0.5) is 4.79 Å². The Bertz CT molecular complexity index is 494. The standard InChI is InChI=1S/C14H20N4O3/c19-12(15-9-10-2-1-5-16-17-10)11-8-14(11)3-6-18(7-4-14)13(20)21/h1-2,5,10-11,17H,3-4,6-9H2,(H,15,19)(H,20,21)/t10?,11-/m1/s1. The van der Waals surface area contributed by atoms with Crippen molar-refractivity contribution in [1.82, 2.24) is 15.6 Å². The Morgan fingerprint density at radius 1 is 1.43 bits per heavy atom. The number of hydrogen-bond acceptors (Lipinski definition) is 4. The largest absolute Gasteiger partial charge is 0.465 e. The second-order valence-electron chi connectivity index (χ2n) is 6.03. The average molecular weight is 292 g/mol. The quantitative estimate of drug-likeness (QED) is 0.701. The molecule has 7 nitrogen and oxygen atoms in total. The van der Waals surface area contributed by atoms with E-state index in [9.17, 15) is 9.59 Å².